The molecule has 0 bridgehead atoms. The minimum absolute atomic E-state index is 0.119. The molecule has 0 saturated carbocycles. The van der Waals surface area contributed by atoms with Crippen molar-refractivity contribution in [2.75, 3.05) is 0 Å². The molecule has 2 heteroatoms. The third kappa shape index (κ3) is 1.52. The first kappa shape index (κ1) is 9.30. The van der Waals surface area contributed by atoms with Gasteiger partial charge in [0.1, 0.15) is 0 Å². The van der Waals surface area contributed by atoms with Crippen LogP contribution >= 0.6 is 0 Å². The van der Waals surface area contributed by atoms with Gasteiger partial charge in [-0.25, -0.2) is 0 Å². The van der Waals surface area contributed by atoms with Crippen LogP contribution in [0.1, 0.15) is 33.3 Å². The average Bonchev–Trinajstić information content (AvgIpc) is 2.35. The quantitative estimate of drug-likeness (QED) is 0.660. The van der Waals surface area contributed by atoms with E-state index in [-0.39, 0.29) is 5.54 Å². The molecule has 0 amide bonds. The summed E-state index contributed by atoms with van der Waals surface area (Å²) in [7, 11) is 0. The molecule has 2 nitrogen and oxygen atoms in total. The summed E-state index contributed by atoms with van der Waals surface area (Å²) in [5.41, 5.74) is 1.34. The molecule has 1 heterocycles. The SMILES string of the molecule is Cc1cnn(C(C)(C)C(C)C)c1. The van der Waals surface area contributed by atoms with Gasteiger partial charge < -0.3 is 0 Å². The Morgan fingerprint density at radius 1 is 1.42 bits per heavy atom. The highest BCUT2D eigenvalue weighted by atomic mass is 15.3. The van der Waals surface area contributed by atoms with E-state index >= 15 is 0 Å². The van der Waals surface area contributed by atoms with E-state index in [2.05, 4.69) is 45.9 Å². The maximum Gasteiger partial charge on any atom is 0.0594 e. The molecule has 0 aromatic carbocycles. The van der Waals surface area contributed by atoms with E-state index in [1.165, 1.54) is 5.56 Å². The highest BCUT2D eigenvalue weighted by molar-refractivity contribution is 5.02. The number of hydrogen-bond acceptors (Lipinski definition) is 1. The maximum atomic E-state index is 4.33. The smallest absolute Gasteiger partial charge is 0.0594 e. The third-order valence-corrected chi connectivity index (χ3v) is 2.72. The second-order valence-corrected chi connectivity index (χ2v) is 4.27. The molecule has 0 saturated heterocycles. The van der Waals surface area contributed by atoms with Crippen molar-refractivity contribution in [2.24, 2.45) is 5.92 Å². The first-order valence-corrected chi connectivity index (χ1v) is 4.46. The minimum atomic E-state index is 0.119. The van der Waals surface area contributed by atoms with E-state index in [1.54, 1.807) is 0 Å². The average molecular weight is 166 g/mol. The Labute approximate surface area is 74.6 Å². The molecule has 0 atom stereocenters. The van der Waals surface area contributed by atoms with E-state index in [4.69, 9.17) is 0 Å². The largest absolute Gasteiger partial charge is 0.267 e. The first-order valence-electron chi connectivity index (χ1n) is 4.46. The summed E-state index contributed by atoms with van der Waals surface area (Å²) in [4.78, 5) is 0. The van der Waals surface area contributed by atoms with Crippen molar-refractivity contribution in [2.45, 2.75) is 40.2 Å². The van der Waals surface area contributed by atoms with Crippen LogP contribution in [0.2, 0.25) is 0 Å². The standard InChI is InChI=1S/C10H18N2/c1-8(2)10(4,5)12-7-9(3)6-11-12/h6-8H,1-5H3. The van der Waals surface area contributed by atoms with Crippen LogP contribution in [0, 0.1) is 12.8 Å². The van der Waals surface area contributed by atoms with Crippen molar-refractivity contribution >= 4 is 0 Å². The lowest BCUT2D eigenvalue weighted by molar-refractivity contribution is 0.225. The van der Waals surface area contributed by atoms with Crippen LogP contribution in [0.25, 0.3) is 0 Å². The van der Waals surface area contributed by atoms with Crippen LogP contribution in [-0.4, -0.2) is 9.78 Å². The van der Waals surface area contributed by atoms with E-state index in [0.29, 0.717) is 5.92 Å². The Morgan fingerprint density at radius 3 is 2.33 bits per heavy atom. The number of rotatable bonds is 2. The molecule has 1 aromatic rings. The Morgan fingerprint density at radius 2 is 2.00 bits per heavy atom. The summed E-state index contributed by atoms with van der Waals surface area (Å²) >= 11 is 0. The van der Waals surface area contributed by atoms with Crippen molar-refractivity contribution < 1.29 is 0 Å². The zero-order chi connectivity index (χ0) is 9.35. The van der Waals surface area contributed by atoms with Crippen LogP contribution in [-0.2, 0) is 5.54 Å². The molecule has 12 heavy (non-hydrogen) atoms. The van der Waals surface area contributed by atoms with Gasteiger partial charge >= 0.3 is 0 Å². The normalized spacial score (nSPS) is 12.5. The van der Waals surface area contributed by atoms with Crippen LogP contribution < -0.4 is 0 Å². The van der Waals surface area contributed by atoms with Crippen LogP contribution in [0.15, 0.2) is 12.4 Å². The Balaban J connectivity index is 2.97. The molecule has 0 radical (unpaired) electrons. The van der Waals surface area contributed by atoms with E-state index in [0.717, 1.165) is 0 Å². The topological polar surface area (TPSA) is 17.8 Å². The summed E-state index contributed by atoms with van der Waals surface area (Å²) in [5.74, 6) is 0.594. The highest BCUT2D eigenvalue weighted by Gasteiger charge is 2.24. The number of nitrogens with zero attached hydrogens (tertiary/aromatic N) is 2. The fourth-order valence-corrected chi connectivity index (χ4v) is 0.993. The van der Waals surface area contributed by atoms with E-state index in [9.17, 15) is 0 Å². The lowest BCUT2D eigenvalue weighted by Crippen LogP contribution is -2.32. The van der Waals surface area contributed by atoms with Crippen LogP contribution in [0.4, 0.5) is 0 Å². The molecule has 0 N–H and O–H groups in total. The summed E-state index contributed by atoms with van der Waals surface area (Å²) in [6.45, 7) is 10.9. The van der Waals surface area contributed by atoms with Gasteiger partial charge in [0.15, 0.2) is 0 Å². The molecule has 0 aliphatic carbocycles. The van der Waals surface area contributed by atoms with Crippen molar-refractivity contribution in [3.63, 3.8) is 0 Å². The number of aryl methyl sites for hydroxylation is 1. The fourth-order valence-electron chi connectivity index (χ4n) is 0.993. The highest BCUT2D eigenvalue weighted by Crippen LogP contribution is 2.24. The Bertz CT molecular complexity index is 259. The predicted molar refractivity (Wildman–Crippen MR) is 51.1 cm³/mol. The number of hydrogen-bond donors (Lipinski definition) is 0. The van der Waals surface area contributed by atoms with Gasteiger partial charge in [-0.3, -0.25) is 4.68 Å². The summed E-state index contributed by atoms with van der Waals surface area (Å²) in [5, 5.41) is 4.33. The molecule has 68 valence electrons. The van der Waals surface area contributed by atoms with Gasteiger partial charge in [-0.15, -0.1) is 0 Å². The van der Waals surface area contributed by atoms with Crippen molar-refractivity contribution in [3.8, 4) is 0 Å². The van der Waals surface area contributed by atoms with Crippen molar-refractivity contribution in [1.82, 2.24) is 9.78 Å². The number of aromatic nitrogens is 2. The summed E-state index contributed by atoms with van der Waals surface area (Å²) in [6.07, 6.45) is 4.00. The predicted octanol–water partition coefficient (Wildman–Crippen LogP) is 2.58. The van der Waals surface area contributed by atoms with Gasteiger partial charge in [0.2, 0.25) is 0 Å². The minimum Gasteiger partial charge on any atom is -0.267 e. The van der Waals surface area contributed by atoms with Gasteiger partial charge in [-0.1, -0.05) is 13.8 Å². The van der Waals surface area contributed by atoms with Crippen molar-refractivity contribution in [3.05, 3.63) is 18.0 Å². The zero-order valence-electron chi connectivity index (χ0n) is 8.63. The van der Waals surface area contributed by atoms with Gasteiger partial charge in [0, 0.05) is 6.20 Å². The van der Waals surface area contributed by atoms with Gasteiger partial charge in [-0.05, 0) is 32.3 Å². The molecular weight excluding hydrogens is 148 g/mol. The molecule has 1 aromatic heterocycles. The van der Waals surface area contributed by atoms with Gasteiger partial charge in [0.05, 0.1) is 11.7 Å². The Hall–Kier alpha value is -0.790. The molecule has 0 fully saturated rings. The summed E-state index contributed by atoms with van der Waals surface area (Å²) < 4.78 is 2.05. The fraction of sp³-hybridized carbons (Fsp3) is 0.700. The first-order chi connectivity index (χ1) is 5.44. The van der Waals surface area contributed by atoms with Crippen molar-refractivity contribution in [1.29, 1.82) is 0 Å². The summed E-state index contributed by atoms with van der Waals surface area (Å²) in [6, 6.07) is 0. The van der Waals surface area contributed by atoms with Gasteiger partial charge in [-0.2, -0.15) is 5.10 Å². The van der Waals surface area contributed by atoms with Crippen LogP contribution in [0.3, 0.4) is 0 Å². The van der Waals surface area contributed by atoms with Crippen LogP contribution in [0.5, 0.6) is 0 Å². The monoisotopic (exact) mass is 166 g/mol. The van der Waals surface area contributed by atoms with E-state index < -0.39 is 0 Å². The lowest BCUT2D eigenvalue weighted by Gasteiger charge is -2.29. The lowest BCUT2D eigenvalue weighted by atomic mass is 9.91. The molecule has 0 spiro atoms. The van der Waals surface area contributed by atoms with E-state index in [1.807, 2.05) is 10.9 Å². The van der Waals surface area contributed by atoms with Gasteiger partial charge in [0.25, 0.3) is 0 Å². The maximum absolute atomic E-state index is 4.33. The Kier molecular flexibility index (Phi) is 2.27. The third-order valence-electron chi connectivity index (χ3n) is 2.72. The molecule has 0 aliphatic rings. The zero-order valence-corrected chi connectivity index (χ0v) is 8.63. The second kappa shape index (κ2) is 2.92. The molecule has 0 aliphatic heterocycles. The molecular formula is C10H18N2. The molecule has 0 unspecified atom stereocenters. The second-order valence-electron chi connectivity index (χ2n) is 4.27. The molecule has 1 rings (SSSR count).